The van der Waals surface area contributed by atoms with E-state index in [1.165, 1.54) is 11.8 Å². The maximum absolute atomic E-state index is 11.5. The summed E-state index contributed by atoms with van der Waals surface area (Å²) in [4.78, 5) is 0. The smallest absolute Gasteiger partial charge is 0.211 e. The molecule has 0 N–H and O–H groups in total. The maximum Gasteiger partial charge on any atom is 0.211 e. The SMILES string of the molecule is Cc1ccc(OCC2CCCN(S(C)(=O)=O)C2)cc1. The summed E-state index contributed by atoms with van der Waals surface area (Å²) in [5.74, 6) is 1.13. The van der Waals surface area contributed by atoms with Gasteiger partial charge in [0.05, 0.1) is 12.9 Å². The van der Waals surface area contributed by atoms with Crippen LogP contribution in [0.25, 0.3) is 0 Å². The molecule has 1 aromatic rings. The van der Waals surface area contributed by atoms with Crippen molar-refractivity contribution in [3.8, 4) is 5.75 Å². The Morgan fingerprint density at radius 2 is 2.00 bits per heavy atom. The maximum atomic E-state index is 11.5. The van der Waals surface area contributed by atoms with Crippen LogP contribution in [-0.2, 0) is 10.0 Å². The highest BCUT2D eigenvalue weighted by Crippen LogP contribution is 2.20. The highest BCUT2D eigenvalue weighted by molar-refractivity contribution is 7.88. The number of piperidine rings is 1. The second-order valence-electron chi connectivity index (χ2n) is 5.25. The normalized spacial score (nSPS) is 21.3. The molecular formula is C14H21NO3S. The molecule has 0 radical (unpaired) electrons. The number of nitrogens with zero attached hydrogens (tertiary/aromatic N) is 1. The number of hydrogen-bond acceptors (Lipinski definition) is 3. The Morgan fingerprint density at radius 3 is 2.63 bits per heavy atom. The van der Waals surface area contributed by atoms with E-state index in [4.69, 9.17) is 4.74 Å². The third kappa shape index (κ3) is 4.21. The van der Waals surface area contributed by atoms with Gasteiger partial charge in [0.1, 0.15) is 5.75 Å². The second-order valence-corrected chi connectivity index (χ2v) is 7.24. The average Bonchev–Trinajstić information content (AvgIpc) is 2.37. The predicted molar refractivity (Wildman–Crippen MR) is 75.8 cm³/mol. The molecule has 0 amide bonds. The van der Waals surface area contributed by atoms with Crippen molar-refractivity contribution in [2.45, 2.75) is 19.8 Å². The molecule has 0 aromatic heterocycles. The van der Waals surface area contributed by atoms with Crippen LogP contribution in [0.3, 0.4) is 0 Å². The van der Waals surface area contributed by atoms with Gasteiger partial charge in [-0.15, -0.1) is 0 Å². The van der Waals surface area contributed by atoms with Crippen molar-refractivity contribution in [2.75, 3.05) is 26.0 Å². The van der Waals surface area contributed by atoms with Crippen LogP contribution >= 0.6 is 0 Å². The van der Waals surface area contributed by atoms with Crippen molar-refractivity contribution in [3.63, 3.8) is 0 Å². The summed E-state index contributed by atoms with van der Waals surface area (Å²) in [6, 6.07) is 7.93. The van der Waals surface area contributed by atoms with Gasteiger partial charge in [-0.05, 0) is 31.9 Å². The van der Waals surface area contributed by atoms with E-state index in [-0.39, 0.29) is 5.92 Å². The summed E-state index contributed by atoms with van der Waals surface area (Å²) in [5, 5.41) is 0. The van der Waals surface area contributed by atoms with Crippen molar-refractivity contribution in [2.24, 2.45) is 5.92 Å². The molecule has 0 saturated carbocycles. The highest BCUT2D eigenvalue weighted by Gasteiger charge is 2.26. The minimum Gasteiger partial charge on any atom is -0.493 e. The molecule has 106 valence electrons. The second kappa shape index (κ2) is 5.92. The van der Waals surface area contributed by atoms with Gasteiger partial charge in [0, 0.05) is 19.0 Å². The Balaban J connectivity index is 1.87. The van der Waals surface area contributed by atoms with Gasteiger partial charge in [0.25, 0.3) is 0 Å². The van der Waals surface area contributed by atoms with Gasteiger partial charge in [-0.1, -0.05) is 17.7 Å². The molecule has 1 aromatic carbocycles. The topological polar surface area (TPSA) is 46.6 Å². The number of benzene rings is 1. The molecule has 0 aliphatic carbocycles. The van der Waals surface area contributed by atoms with E-state index in [0.717, 1.165) is 18.6 Å². The minimum absolute atomic E-state index is 0.282. The lowest BCUT2D eigenvalue weighted by Gasteiger charge is -2.30. The van der Waals surface area contributed by atoms with Gasteiger partial charge in [-0.25, -0.2) is 12.7 Å². The number of sulfonamides is 1. The number of ether oxygens (including phenoxy) is 1. The number of rotatable bonds is 4. The quantitative estimate of drug-likeness (QED) is 0.849. The zero-order valence-corrected chi connectivity index (χ0v) is 12.3. The summed E-state index contributed by atoms with van der Waals surface area (Å²) in [6.07, 6.45) is 3.21. The summed E-state index contributed by atoms with van der Waals surface area (Å²) >= 11 is 0. The third-order valence-electron chi connectivity index (χ3n) is 3.46. The third-order valence-corrected chi connectivity index (χ3v) is 4.73. The number of aryl methyl sites for hydroxylation is 1. The molecular weight excluding hydrogens is 262 g/mol. The Labute approximate surface area is 115 Å². The molecule has 4 nitrogen and oxygen atoms in total. The Hall–Kier alpha value is -1.07. The minimum atomic E-state index is -3.07. The van der Waals surface area contributed by atoms with Gasteiger partial charge < -0.3 is 4.74 Å². The van der Waals surface area contributed by atoms with Crippen molar-refractivity contribution < 1.29 is 13.2 Å². The molecule has 1 fully saturated rings. The van der Waals surface area contributed by atoms with E-state index in [9.17, 15) is 8.42 Å². The fraction of sp³-hybridized carbons (Fsp3) is 0.571. The standard InChI is InChI=1S/C14H21NO3S/c1-12-5-7-14(8-6-12)18-11-13-4-3-9-15(10-13)19(2,16)17/h5-8,13H,3-4,9-11H2,1-2H3. The number of hydrogen-bond donors (Lipinski definition) is 0. The summed E-state index contributed by atoms with van der Waals surface area (Å²) < 4.78 is 30.4. The van der Waals surface area contributed by atoms with Crippen molar-refractivity contribution in [1.82, 2.24) is 4.31 Å². The van der Waals surface area contributed by atoms with Crippen LogP contribution in [-0.4, -0.2) is 38.7 Å². The fourth-order valence-corrected chi connectivity index (χ4v) is 3.26. The molecule has 2 rings (SSSR count). The molecule has 1 aliphatic heterocycles. The van der Waals surface area contributed by atoms with Crippen molar-refractivity contribution in [3.05, 3.63) is 29.8 Å². The van der Waals surface area contributed by atoms with Gasteiger partial charge in [0.15, 0.2) is 0 Å². The molecule has 19 heavy (non-hydrogen) atoms. The largest absolute Gasteiger partial charge is 0.493 e. The monoisotopic (exact) mass is 283 g/mol. The van der Waals surface area contributed by atoms with Crippen LogP contribution in [0.1, 0.15) is 18.4 Å². The van der Waals surface area contributed by atoms with E-state index >= 15 is 0 Å². The first-order valence-electron chi connectivity index (χ1n) is 6.60. The summed E-state index contributed by atoms with van der Waals surface area (Å²) in [5.41, 5.74) is 1.20. The van der Waals surface area contributed by atoms with E-state index < -0.39 is 10.0 Å². The van der Waals surface area contributed by atoms with E-state index in [2.05, 4.69) is 0 Å². The van der Waals surface area contributed by atoms with Gasteiger partial charge in [-0.3, -0.25) is 0 Å². The van der Waals surface area contributed by atoms with Crippen LogP contribution in [0.15, 0.2) is 24.3 Å². The van der Waals surface area contributed by atoms with E-state index in [1.54, 1.807) is 4.31 Å². The first-order valence-corrected chi connectivity index (χ1v) is 8.44. The van der Waals surface area contributed by atoms with E-state index in [1.807, 2.05) is 31.2 Å². The van der Waals surface area contributed by atoms with Gasteiger partial charge in [0.2, 0.25) is 10.0 Å². The van der Waals surface area contributed by atoms with Crippen LogP contribution < -0.4 is 4.74 Å². The highest BCUT2D eigenvalue weighted by atomic mass is 32.2. The van der Waals surface area contributed by atoms with Crippen molar-refractivity contribution in [1.29, 1.82) is 0 Å². The molecule has 1 atom stereocenters. The zero-order valence-electron chi connectivity index (χ0n) is 11.5. The van der Waals surface area contributed by atoms with Crippen molar-refractivity contribution >= 4 is 10.0 Å². The average molecular weight is 283 g/mol. The molecule has 0 bridgehead atoms. The van der Waals surface area contributed by atoms with Crippen LogP contribution in [0.2, 0.25) is 0 Å². The first-order chi connectivity index (χ1) is 8.95. The van der Waals surface area contributed by atoms with Gasteiger partial charge >= 0.3 is 0 Å². The Morgan fingerprint density at radius 1 is 1.32 bits per heavy atom. The Kier molecular flexibility index (Phi) is 4.47. The molecule has 1 saturated heterocycles. The van der Waals surface area contributed by atoms with Crippen LogP contribution in [0.4, 0.5) is 0 Å². The first kappa shape index (κ1) is 14.3. The van der Waals surface area contributed by atoms with E-state index in [0.29, 0.717) is 19.7 Å². The summed E-state index contributed by atoms with van der Waals surface area (Å²) in [6.45, 7) is 3.83. The van der Waals surface area contributed by atoms with Crippen LogP contribution in [0, 0.1) is 12.8 Å². The molecule has 5 heteroatoms. The predicted octanol–water partition coefficient (Wildman–Crippen LogP) is 2.05. The molecule has 0 spiro atoms. The summed E-state index contributed by atoms with van der Waals surface area (Å²) in [7, 11) is -3.07. The fourth-order valence-electron chi connectivity index (χ4n) is 2.31. The molecule has 1 heterocycles. The molecule has 1 aliphatic rings. The lowest BCUT2D eigenvalue weighted by atomic mass is 10.0. The lowest BCUT2D eigenvalue weighted by Crippen LogP contribution is -2.40. The lowest BCUT2D eigenvalue weighted by molar-refractivity contribution is 0.180. The van der Waals surface area contributed by atoms with Crippen LogP contribution in [0.5, 0.6) is 5.75 Å². The zero-order chi connectivity index (χ0) is 13.9. The Bertz CT molecular complexity index is 510. The van der Waals surface area contributed by atoms with Gasteiger partial charge in [-0.2, -0.15) is 0 Å². The molecule has 1 unspecified atom stereocenters.